The summed E-state index contributed by atoms with van der Waals surface area (Å²) in [6.07, 6.45) is 0.659. The highest BCUT2D eigenvalue weighted by atomic mass is 32.1. The molecule has 0 aliphatic carbocycles. The molecule has 9 heteroatoms. The minimum absolute atomic E-state index is 0.145. The van der Waals surface area contributed by atoms with Crippen LogP contribution in [0.1, 0.15) is 61.9 Å². The maximum absolute atomic E-state index is 13.0. The van der Waals surface area contributed by atoms with Crippen molar-refractivity contribution < 1.29 is 14.7 Å². The maximum Gasteiger partial charge on any atom is 0.273 e. The van der Waals surface area contributed by atoms with Crippen LogP contribution in [0, 0.1) is 5.92 Å². The van der Waals surface area contributed by atoms with Gasteiger partial charge in [-0.2, -0.15) is 10.1 Å². The molecule has 2 amide bonds. The number of fused-ring (bicyclic) bond motifs is 1. The first kappa shape index (κ1) is 22.9. The molecule has 0 saturated carbocycles. The number of nitrogens with one attached hydrogen (secondary N) is 2. The van der Waals surface area contributed by atoms with Crippen LogP contribution in [0.2, 0.25) is 0 Å². The Bertz CT molecular complexity index is 1070. The normalized spacial score (nSPS) is 12.9. The standard InChI is InChI=1S/C22H29N5O3S/c1-13(2)11-15(12-28)23-20(30)16-17-18(27(26-16)22(3,4)5)24-21(31-17)25-19(29)14-9-7-6-8-10-14/h6-10,13,15,28H,11-12H2,1-5H3,(H,23,30)(H,24,25,29)/t15-/m0/s1. The Labute approximate surface area is 185 Å². The lowest BCUT2D eigenvalue weighted by Crippen LogP contribution is -2.38. The van der Waals surface area contributed by atoms with E-state index in [1.54, 1.807) is 28.9 Å². The summed E-state index contributed by atoms with van der Waals surface area (Å²) in [5.41, 5.74) is 0.886. The average molecular weight is 444 g/mol. The summed E-state index contributed by atoms with van der Waals surface area (Å²) < 4.78 is 2.29. The van der Waals surface area contributed by atoms with Crippen molar-refractivity contribution in [1.82, 2.24) is 20.1 Å². The zero-order valence-corrected chi connectivity index (χ0v) is 19.3. The summed E-state index contributed by atoms with van der Waals surface area (Å²) in [5, 5.41) is 20.2. The van der Waals surface area contributed by atoms with Crippen LogP contribution in [0.3, 0.4) is 0 Å². The molecule has 31 heavy (non-hydrogen) atoms. The molecule has 3 aromatic rings. The summed E-state index contributed by atoms with van der Waals surface area (Å²) in [4.78, 5) is 30.1. The number of aliphatic hydroxyl groups excluding tert-OH is 1. The van der Waals surface area contributed by atoms with Crippen LogP contribution in [-0.4, -0.2) is 44.3 Å². The fourth-order valence-corrected chi connectivity index (χ4v) is 4.16. The van der Waals surface area contributed by atoms with Gasteiger partial charge in [-0.25, -0.2) is 4.68 Å². The molecular weight excluding hydrogens is 414 g/mol. The summed E-state index contributed by atoms with van der Waals surface area (Å²) >= 11 is 1.21. The van der Waals surface area contributed by atoms with Crippen LogP contribution in [0.5, 0.6) is 0 Å². The molecule has 8 nitrogen and oxygen atoms in total. The van der Waals surface area contributed by atoms with E-state index in [0.717, 1.165) is 0 Å². The number of aromatic nitrogens is 3. The second kappa shape index (κ2) is 9.15. The van der Waals surface area contributed by atoms with Crippen LogP contribution in [0.15, 0.2) is 30.3 Å². The Morgan fingerprint density at radius 2 is 1.84 bits per heavy atom. The Hall–Kier alpha value is -2.78. The molecule has 1 aromatic carbocycles. The van der Waals surface area contributed by atoms with Gasteiger partial charge >= 0.3 is 0 Å². The van der Waals surface area contributed by atoms with Gasteiger partial charge in [-0.3, -0.25) is 14.9 Å². The highest BCUT2D eigenvalue weighted by molar-refractivity contribution is 7.22. The fraction of sp³-hybridized carbons (Fsp3) is 0.455. The molecule has 2 heterocycles. The lowest BCUT2D eigenvalue weighted by atomic mass is 10.0. The van der Waals surface area contributed by atoms with Crippen molar-refractivity contribution in [3.05, 3.63) is 41.6 Å². The van der Waals surface area contributed by atoms with E-state index >= 15 is 0 Å². The molecule has 0 spiro atoms. The highest BCUT2D eigenvalue weighted by Crippen LogP contribution is 2.32. The van der Waals surface area contributed by atoms with Crippen molar-refractivity contribution in [3.63, 3.8) is 0 Å². The van der Waals surface area contributed by atoms with E-state index in [-0.39, 0.29) is 30.2 Å². The third kappa shape index (κ3) is 5.29. The van der Waals surface area contributed by atoms with Crippen LogP contribution >= 0.6 is 11.3 Å². The van der Waals surface area contributed by atoms with Crippen LogP contribution in [0.25, 0.3) is 10.3 Å². The molecule has 0 unspecified atom stereocenters. The number of aliphatic hydroxyl groups is 1. The van der Waals surface area contributed by atoms with Gasteiger partial charge in [-0.1, -0.05) is 43.4 Å². The average Bonchev–Trinajstić information content (AvgIpc) is 3.25. The number of carbonyl (C=O) groups is 2. The lowest BCUT2D eigenvalue weighted by Gasteiger charge is -2.19. The number of hydrogen-bond donors (Lipinski definition) is 3. The van der Waals surface area contributed by atoms with Crippen molar-refractivity contribution in [3.8, 4) is 0 Å². The zero-order chi connectivity index (χ0) is 22.8. The lowest BCUT2D eigenvalue weighted by molar-refractivity contribution is 0.0903. The van der Waals surface area contributed by atoms with E-state index in [0.29, 0.717) is 33.4 Å². The number of amides is 2. The molecular formula is C22H29N5O3S. The van der Waals surface area contributed by atoms with Crippen molar-refractivity contribution in [1.29, 1.82) is 0 Å². The number of nitrogens with zero attached hydrogens (tertiary/aromatic N) is 3. The summed E-state index contributed by atoms with van der Waals surface area (Å²) in [5.74, 6) is -0.305. The Kier molecular flexibility index (Phi) is 6.76. The van der Waals surface area contributed by atoms with Gasteiger partial charge in [0.1, 0.15) is 4.70 Å². The Morgan fingerprint density at radius 1 is 1.16 bits per heavy atom. The van der Waals surface area contributed by atoms with E-state index in [1.165, 1.54) is 11.3 Å². The third-order valence-corrected chi connectivity index (χ3v) is 5.61. The van der Waals surface area contributed by atoms with Crippen LogP contribution in [-0.2, 0) is 5.54 Å². The van der Waals surface area contributed by atoms with E-state index in [4.69, 9.17) is 0 Å². The van der Waals surface area contributed by atoms with Gasteiger partial charge in [-0.05, 0) is 45.2 Å². The predicted octanol–water partition coefficient (Wildman–Crippen LogP) is 3.64. The second-order valence-electron chi connectivity index (χ2n) is 8.91. The maximum atomic E-state index is 13.0. The molecule has 0 radical (unpaired) electrons. The Morgan fingerprint density at radius 3 is 2.42 bits per heavy atom. The molecule has 0 saturated heterocycles. The number of benzene rings is 1. The van der Waals surface area contributed by atoms with E-state index in [1.807, 2.05) is 40.7 Å². The van der Waals surface area contributed by atoms with Gasteiger partial charge in [0.05, 0.1) is 18.2 Å². The first-order valence-electron chi connectivity index (χ1n) is 10.3. The topological polar surface area (TPSA) is 109 Å². The highest BCUT2D eigenvalue weighted by Gasteiger charge is 2.28. The SMILES string of the molecule is CC(C)C[C@@H](CO)NC(=O)c1nn(C(C)(C)C)c2nc(NC(=O)c3ccccc3)sc12. The van der Waals surface area contributed by atoms with Crippen molar-refractivity contribution in [2.24, 2.45) is 5.92 Å². The fourth-order valence-electron chi connectivity index (χ4n) is 3.23. The molecule has 166 valence electrons. The first-order valence-corrected chi connectivity index (χ1v) is 11.1. The van der Waals surface area contributed by atoms with E-state index in [2.05, 4.69) is 20.7 Å². The van der Waals surface area contributed by atoms with Crippen molar-refractivity contribution in [2.75, 3.05) is 11.9 Å². The van der Waals surface area contributed by atoms with E-state index < -0.39 is 5.54 Å². The largest absolute Gasteiger partial charge is 0.394 e. The van der Waals surface area contributed by atoms with Crippen LogP contribution in [0.4, 0.5) is 5.13 Å². The number of carbonyl (C=O) groups excluding carboxylic acids is 2. The number of hydrogen-bond acceptors (Lipinski definition) is 6. The van der Waals surface area contributed by atoms with Gasteiger partial charge in [0, 0.05) is 5.56 Å². The summed E-state index contributed by atoms with van der Waals surface area (Å²) in [7, 11) is 0. The summed E-state index contributed by atoms with van der Waals surface area (Å²) in [6, 6.07) is 8.53. The minimum atomic E-state index is -0.417. The van der Waals surface area contributed by atoms with Crippen LogP contribution < -0.4 is 10.6 Å². The molecule has 0 aliphatic heterocycles. The molecule has 0 fully saturated rings. The zero-order valence-electron chi connectivity index (χ0n) is 18.5. The van der Waals surface area contributed by atoms with Gasteiger partial charge in [0.15, 0.2) is 16.5 Å². The first-order chi connectivity index (χ1) is 14.6. The molecule has 2 aromatic heterocycles. The summed E-state index contributed by atoms with van der Waals surface area (Å²) in [6.45, 7) is 9.83. The predicted molar refractivity (Wildman–Crippen MR) is 123 cm³/mol. The van der Waals surface area contributed by atoms with Crippen molar-refractivity contribution >= 4 is 38.6 Å². The van der Waals surface area contributed by atoms with Gasteiger partial charge < -0.3 is 10.4 Å². The number of anilines is 1. The molecule has 3 rings (SSSR count). The molecule has 0 aliphatic rings. The van der Waals surface area contributed by atoms with Gasteiger partial charge in [0.2, 0.25) is 0 Å². The quantitative estimate of drug-likeness (QED) is 0.517. The molecule has 1 atom stereocenters. The van der Waals surface area contributed by atoms with E-state index in [9.17, 15) is 14.7 Å². The Balaban J connectivity index is 1.94. The monoisotopic (exact) mass is 443 g/mol. The molecule has 0 bridgehead atoms. The second-order valence-corrected chi connectivity index (χ2v) is 9.90. The van der Waals surface area contributed by atoms with Gasteiger partial charge in [0.25, 0.3) is 11.8 Å². The number of thiazole rings is 1. The van der Waals surface area contributed by atoms with Crippen molar-refractivity contribution in [2.45, 2.75) is 52.6 Å². The molecule has 3 N–H and O–H groups in total. The van der Waals surface area contributed by atoms with Gasteiger partial charge in [-0.15, -0.1) is 0 Å². The smallest absolute Gasteiger partial charge is 0.273 e. The minimum Gasteiger partial charge on any atom is -0.394 e. The number of rotatable bonds is 7. The third-order valence-electron chi connectivity index (χ3n) is 4.64.